The van der Waals surface area contributed by atoms with Crippen LogP contribution in [0.4, 0.5) is 0 Å². The van der Waals surface area contributed by atoms with Crippen LogP contribution in [-0.2, 0) is 11.3 Å². The van der Waals surface area contributed by atoms with Crippen molar-refractivity contribution in [2.75, 3.05) is 0 Å². The lowest BCUT2D eigenvalue weighted by molar-refractivity contribution is -0.127. The van der Waals surface area contributed by atoms with E-state index < -0.39 is 0 Å². The molecule has 0 aliphatic heterocycles. The van der Waals surface area contributed by atoms with Gasteiger partial charge >= 0.3 is 0 Å². The van der Waals surface area contributed by atoms with Crippen molar-refractivity contribution < 1.29 is 4.79 Å². The van der Waals surface area contributed by atoms with Crippen LogP contribution in [0.1, 0.15) is 18.4 Å². The summed E-state index contributed by atoms with van der Waals surface area (Å²) in [6.45, 7) is 4.27. The van der Waals surface area contributed by atoms with Crippen LogP contribution in [0.15, 0.2) is 29.5 Å². The Morgan fingerprint density at radius 1 is 1.71 bits per heavy atom. The zero-order valence-electron chi connectivity index (χ0n) is 7.98. The van der Waals surface area contributed by atoms with E-state index in [1.807, 2.05) is 10.3 Å². The van der Waals surface area contributed by atoms with Gasteiger partial charge in [-0.25, -0.2) is 0 Å². The lowest BCUT2D eigenvalue weighted by atomic mass is 10.3. The van der Waals surface area contributed by atoms with Gasteiger partial charge in [0.15, 0.2) is 0 Å². The molecule has 1 heterocycles. The van der Waals surface area contributed by atoms with E-state index in [-0.39, 0.29) is 5.91 Å². The van der Waals surface area contributed by atoms with Crippen LogP contribution < -0.4 is 0 Å². The summed E-state index contributed by atoms with van der Waals surface area (Å²) in [6, 6.07) is 2.52. The Balaban J connectivity index is 2.04. The number of hydrogen-bond acceptors (Lipinski definition) is 2. The zero-order chi connectivity index (χ0) is 9.97. The molecular weight excluding hydrogens is 194 g/mol. The van der Waals surface area contributed by atoms with Gasteiger partial charge in [-0.1, -0.05) is 6.58 Å². The normalized spacial score (nSPS) is 15.1. The molecule has 74 valence electrons. The van der Waals surface area contributed by atoms with Crippen molar-refractivity contribution in [2.45, 2.75) is 25.4 Å². The van der Waals surface area contributed by atoms with Crippen molar-refractivity contribution in [2.24, 2.45) is 0 Å². The van der Waals surface area contributed by atoms with Gasteiger partial charge in [0.25, 0.3) is 0 Å². The molecule has 1 fully saturated rings. The van der Waals surface area contributed by atoms with Crippen LogP contribution in [-0.4, -0.2) is 16.8 Å². The molecule has 3 heteroatoms. The van der Waals surface area contributed by atoms with E-state index in [1.165, 1.54) is 11.6 Å². The highest BCUT2D eigenvalue weighted by atomic mass is 32.1. The first-order valence-electron chi connectivity index (χ1n) is 4.75. The molecule has 1 saturated carbocycles. The summed E-state index contributed by atoms with van der Waals surface area (Å²) in [5.41, 5.74) is 1.22. The van der Waals surface area contributed by atoms with Gasteiger partial charge in [-0.2, -0.15) is 11.3 Å². The summed E-state index contributed by atoms with van der Waals surface area (Å²) in [4.78, 5) is 13.4. The van der Waals surface area contributed by atoms with E-state index in [9.17, 15) is 4.79 Å². The number of amides is 1. The van der Waals surface area contributed by atoms with Crippen molar-refractivity contribution in [1.82, 2.24) is 4.90 Å². The van der Waals surface area contributed by atoms with E-state index in [2.05, 4.69) is 18.0 Å². The summed E-state index contributed by atoms with van der Waals surface area (Å²) in [5, 5.41) is 4.13. The second-order valence-corrected chi connectivity index (χ2v) is 4.31. The molecule has 1 amide bonds. The summed E-state index contributed by atoms with van der Waals surface area (Å²) < 4.78 is 0. The number of rotatable bonds is 4. The number of carbonyl (C=O) groups is 1. The largest absolute Gasteiger partial charge is 0.332 e. The fourth-order valence-corrected chi connectivity index (χ4v) is 2.13. The van der Waals surface area contributed by atoms with Gasteiger partial charge in [0.05, 0.1) is 0 Å². The number of hydrogen-bond donors (Lipinski definition) is 0. The van der Waals surface area contributed by atoms with Crippen LogP contribution in [0.2, 0.25) is 0 Å². The van der Waals surface area contributed by atoms with Gasteiger partial charge in [-0.15, -0.1) is 0 Å². The lowest BCUT2D eigenvalue weighted by Crippen LogP contribution is -2.30. The second-order valence-electron chi connectivity index (χ2n) is 3.53. The maximum absolute atomic E-state index is 11.5. The van der Waals surface area contributed by atoms with Gasteiger partial charge < -0.3 is 4.90 Å². The van der Waals surface area contributed by atoms with Crippen LogP contribution in [0.3, 0.4) is 0 Å². The molecule has 0 N–H and O–H groups in total. The average molecular weight is 207 g/mol. The lowest BCUT2D eigenvalue weighted by Gasteiger charge is -2.19. The van der Waals surface area contributed by atoms with Crippen molar-refractivity contribution in [1.29, 1.82) is 0 Å². The van der Waals surface area contributed by atoms with Gasteiger partial charge in [0, 0.05) is 12.6 Å². The highest BCUT2D eigenvalue weighted by Crippen LogP contribution is 2.28. The number of thiophene rings is 1. The molecule has 0 aromatic carbocycles. The number of nitrogens with zero attached hydrogens (tertiary/aromatic N) is 1. The average Bonchev–Trinajstić information content (AvgIpc) is 2.92. The van der Waals surface area contributed by atoms with Crippen LogP contribution in [0.5, 0.6) is 0 Å². The molecule has 2 rings (SSSR count). The van der Waals surface area contributed by atoms with E-state index in [0.717, 1.165) is 19.4 Å². The highest BCUT2D eigenvalue weighted by molar-refractivity contribution is 7.07. The Kier molecular flexibility index (Phi) is 2.68. The molecule has 1 aliphatic carbocycles. The SMILES string of the molecule is C=CC(=O)N(Cc1ccsc1)C1CC1. The van der Waals surface area contributed by atoms with Gasteiger partial charge in [-0.3, -0.25) is 4.79 Å². The zero-order valence-corrected chi connectivity index (χ0v) is 8.80. The summed E-state index contributed by atoms with van der Waals surface area (Å²) in [7, 11) is 0. The Bertz CT molecular complexity index is 327. The molecule has 0 atom stereocenters. The minimum Gasteiger partial charge on any atom is -0.332 e. The van der Waals surface area contributed by atoms with Crippen molar-refractivity contribution >= 4 is 17.2 Å². The molecule has 1 aromatic rings. The smallest absolute Gasteiger partial charge is 0.246 e. The Labute approximate surface area is 87.9 Å². The van der Waals surface area contributed by atoms with E-state index in [4.69, 9.17) is 0 Å². The molecule has 2 nitrogen and oxygen atoms in total. The first-order valence-corrected chi connectivity index (χ1v) is 5.69. The standard InChI is InChI=1S/C11H13NOS/c1-2-11(13)12(10-3-4-10)7-9-5-6-14-8-9/h2,5-6,8,10H,1,3-4,7H2. The van der Waals surface area contributed by atoms with Crippen molar-refractivity contribution in [3.05, 3.63) is 35.0 Å². The minimum absolute atomic E-state index is 0.0544. The maximum atomic E-state index is 11.5. The highest BCUT2D eigenvalue weighted by Gasteiger charge is 2.31. The molecule has 0 spiro atoms. The molecule has 0 unspecified atom stereocenters. The third-order valence-electron chi connectivity index (χ3n) is 2.38. The Hall–Kier alpha value is -1.09. The molecule has 14 heavy (non-hydrogen) atoms. The van der Waals surface area contributed by atoms with Gasteiger partial charge in [0.2, 0.25) is 5.91 Å². The first-order chi connectivity index (χ1) is 6.81. The van der Waals surface area contributed by atoms with Crippen molar-refractivity contribution in [3.8, 4) is 0 Å². The van der Waals surface area contributed by atoms with Crippen molar-refractivity contribution in [3.63, 3.8) is 0 Å². The predicted octanol–water partition coefficient (Wildman–Crippen LogP) is 2.43. The van der Waals surface area contributed by atoms with Gasteiger partial charge in [-0.05, 0) is 41.3 Å². The molecule has 0 saturated heterocycles. The molecule has 1 aliphatic rings. The fraction of sp³-hybridized carbons (Fsp3) is 0.364. The second kappa shape index (κ2) is 3.96. The van der Waals surface area contributed by atoms with Gasteiger partial charge in [0.1, 0.15) is 0 Å². The Morgan fingerprint density at radius 3 is 3.00 bits per heavy atom. The Morgan fingerprint density at radius 2 is 2.50 bits per heavy atom. The first kappa shape index (κ1) is 9.46. The van der Waals surface area contributed by atoms with Crippen LogP contribution in [0, 0.1) is 0 Å². The quantitative estimate of drug-likeness (QED) is 0.694. The van der Waals surface area contributed by atoms with Crippen LogP contribution in [0.25, 0.3) is 0 Å². The maximum Gasteiger partial charge on any atom is 0.246 e. The monoisotopic (exact) mass is 207 g/mol. The summed E-state index contributed by atoms with van der Waals surface area (Å²) in [5.74, 6) is 0.0544. The molecule has 1 aromatic heterocycles. The molecular formula is C11H13NOS. The topological polar surface area (TPSA) is 20.3 Å². The predicted molar refractivity (Wildman–Crippen MR) is 58.1 cm³/mol. The van der Waals surface area contributed by atoms with E-state index in [1.54, 1.807) is 11.3 Å². The van der Waals surface area contributed by atoms with Crippen LogP contribution >= 0.6 is 11.3 Å². The molecule has 0 radical (unpaired) electrons. The summed E-state index contributed by atoms with van der Waals surface area (Å²) in [6.07, 6.45) is 3.69. The number of carbonyl (C=O) groups excluding carboxylic acids is 1. The van der Waals surface area contributed by atoms with E-state index >= 15 is 0 Å². The third-order valence-corrected chi connectivity index (χ3v) is 3.11. The minimum atomic E-state index is 0.0544. The summed E-state index contributed by atoms with van der Waals surface area (Å²) >= 11 is 1.67. The fourth-order valence-electron chi connectivity index (χ4n) is 1.47. The third kappa shape index (κ3) is 2.04. The van der Waals surface area contributed by atoms with E-state index in [0.29, 0.717) is 6.04 Å². The molecule has 0 bridgehead atoms.